The van der Waals surface area contributed by atoms with Gasteiger partial charge < -0.3 is 20.1 Å². The zero-order valence-corrected chi connectivity index (χ0v) is 29.8. The summed E-state index contributed by atoms with van der Waals surface area (Å²) in [5.41, 5.74) is 4.38. The molecule has 0 bridgehead atoms. The number of nitrogens with zero attached hydrogens (tertiary/aromatic N) is 1. The maximum absolute atomic E-state index is 13.1. The predicted octanol–water partition coefficient (Wildman–Crippen LogP) is 9.73. The Balaban J connectivity index is 1.26. The third kappa shape index (κ3) is 7.90. The van der Waals surface area contributed by atoms with Crippen molar-refractivity contribution < 1.29 is 14.3 Å². The van der Waals surface area contributed by atoms with Gasteiger partial charge in [0.05, 0.1) is 17.6 Å². The monoisotopic (exact) mass is 649 g/mol. The van der Waals surface area contributed by atoms with Crippen LogP contribution >= 0.6 is 0 Å². The van der Waals surface area contributed by atoms with E-state index in [0.717, 1.165) is 86.2 Å². The molecule has 256 valence electrons. The number of ether oxygens (including phenoxy) is 2. The van der Waals surface area contributed by atoms with Crippen LogP contribution in [-0.2, 0) is 16.6 Å². The minimum Gasteiger partial charge on any atom is -0.493 e. The van der Waals surface area contributed by atoms with Crippen LogP contribution in [0.5, 0.6) is 11.5 Å². The molecule has 1 spiro atoms. The van der Waals surface area contributed by atoms with Gasteiger partial charge in [-0.1, -0.05) is 69.9 Å². The van der Waals surface area contributed by atoms with E-state index in [-0.39, 0.29) is 11.4 Å². The molecule has 3 aliphatic rings. The molecule has 2 N–H and O–H groups in total. The second kappa shape index (κ2) is 16.1. The number of hydrogen-bond acceptors (Lipinski definition) is 5. The molecular weight excluding hydrogens is 594 g/mol. The summed E-state index contributed by atoms with van der Waals surface area (Å²) in [5.74, 6) is 3.48. The highest BCUT2D eigenvalue weighted by molar-refractivity contribution is 6.07. The fraction of sp³-hybridized carbons (Fsp3) is 0.524. The van der Waals surface area contributed by atoms with Crippen LogP contribution in [0.15, 0.2) is 77.6 Å². The first kappa shape index (κ1) is 35.5. The molecule has 48 heavy (non-hydrogen) atoms. The van der Waals surface area contributed by atoms with Crippen molar-refractivity contribution in [3.8, 4) is 17.6 Å². The number of carbonyl (C=O) groups excluding carboxylic acids is 1. The molecule has 0 saturated heterocycles. The fourth-order valence-electron chi connectivity index (χ4n) is 7.83. The summed E-state index contributed by atoms with van der Waals surface area (Å²) in [6, 6.07) is 16.8. The average molecular weight is 650 g/mol. The smallest absolute Gasteiger partial charge is 0.235 e. The number of carbonyl (C=O) groups is 1. The van der Waals surface area contributed by atoms with Crippen LogP contribution in [0.2, 0.25) is 0 Å². The molecule has 1 heterocycles. The van der Waals surface area contributed by atoms with Crippen LogP contribution in [0.3, 0.4) is 0 Å². The lowest BCUT2D eigenvalue weighted by Gasteiger charge is -2.38. The number of fused-ring (bicyclic) bond motifs is 2. The van der Waals surface area contributed by atoms with Crippen molar-refractivity contribution in [2.45, 2.75) is 116 Å². The summed E-state index contributed by atoms with van der Waals surface area (Å²) in [7, 11) is 0. The quantitative estimate of drug-likeness (QED) is 0.107. The highest BCUT2D eigenvalue weighted by Gasteiger charge is 2.50. The number of hydrogen-bond donors (Lipinski definition) is 2. The van der Waals surface area contributed by atoms with Crippen molar-refractivity contribution in [2.24, 2.45) is 11.8 Å². The molecule has 1 aliphatic heterocycles. The Labute approximate surface area is 288 Å². The Morgan fingerprint density at radius 1 is 1.15 bits per heavy atom. The minimum absolute atomic E-state index is 0.0651. The van der Waals surface area contributed by atoms with Gasteiger partial charge in [-0.3, -0.25) is 4.79 Å². The molecule has 0 radical (unpaired) electrons. The van der Waals surface area contributed by atoms with E-state index in [2.05, 4.69) is 55.7 Å². The van der Waals surface area contributed by atoms with Crippen molar-refractivity contribution in [3.05, 3.63) is 88.7 Å². The first-order valence-electron chi connectivity index (χ1n) is 18.3. The Morgan fingerprint density at radius 3 is 2.52 bits per heavy atom. The molecule has 1 amide bonds. The van der Waals surface area contributed by atoms with Crippen LogP contribution in [-0.4, -0.2) is 24.6 Å². The van der Waals surface area contributed by atoms with Gasteiger partial charge in [-0.25, -0.2) is 0 Å². The molecule has 2 saturated carbocycles. The van der Waals surface area contributed by atoms with Crippen molar-refractivity contribution in [1.29, 1.82) is 5.26 Å². The van der Waals surface area contributed by atoms with E-state index in [1.165, 1.54) is 24.8 Å². The molecule has 2 unspecified atom stereocenters. The molecule has 5 rings (SSSR count). The number of amides is 1. The third-order valence-electron chi connectivity index (χ3n) is 11.0. The normalized spacial score (nSPS) is 19.7. The summed E-state index contributed by atoms with van der Waals surface area (Å²) in [4.78, 5) is 13.1. The predicted molar refractivity (Wildman–Crippen MR) is 195 cm³/mol. The zero-order chi connectivity index (χ0) is 34.1. The number of nitriles is 1. The SMILES string of the molecule is C\C=C/C=C(C#N)\C(Oc1ccc(CC(C)(CCC)NCC(COc2cccc3c2C2(CCCC2)C(=O)N3)C2CCC2)cc1)=C(/C)CC. The van der Waals surface area contributed by atoms with E-state index in [0.29, 0.717) is 29.8 Å². The van der Waals surface area contributed by atoms with Crippen molar-refractivity contribution in [2.75, 3.05) is 18.5 Å². The van der Waals surface area contributed by atoms with Crippen molar-refractivity contribution >= 4 is 11.6 Å². The average Bonchev–Trinajstić information content (AvgIpc) is 3.67. The minimum atomic E-state index is -0.412. The summed E-state index contributed by atoms with van der Waals surface area (Å²) in [6.45, 7) is 12.2. The van der Waals surface area contributed by atoms with Gasteiger partial charge in [0.25, 0.3) is 0 Å². The Bertz CT molecular complexity index is 1550. The first-order valence-corrected chi connectivity index (χ1v) is 18.3. The molecule has 6 heteroatoms. The molecule has 2 atom stereocenters. The third-order valence-corrected chi connectivity index (χ3v) is 11.0. The zero-order valence-electron chi connectivity index (χ0n) is 29.8. The van der Waals surface area contributed by atoms with Gasteiger partial charge >= 0.3 is 0 Å². The maximum atomic E-state index is 13.1. The Hall–Kier alpha value is -3.82. The number of allylic oxidation sites excluding steroid dienone is 5. The largest absolute Gasteiger partial charge is 0.493 e. The molecule has 2 fully saturated rings. The molecule has 2 aliphatic carbocycles. The van der Waals surface area contributed by atoms with Gasteiger partial charge in [0.1, 0.15) is 23.3 Å². The van der Waals surface area contributed by atoms with E-state index in [1.54, 1.807) is 0 Å². The van der Waals surface area contributed by atoms with Crippen LogP contribution in [0, 0.1) is 23.2 Å². The molecule has 6 nitrogen and oxygen atoms in total. The van der Waals surface area contributed by atoms with Gasteiger partial charge in [0.15, 0.2) is 0 Å². The number of anilines is 1. The summed E-state index contributed by atoms with van der Waals surface area (Å²) in [5, 5.41) is 17.0. The number of nitrogens with one attached hydrogen (secondary N) is 2. The maximum Gasteiger partial charge on any atom is 0.235 e. The van der Waals surface area contributed by atoms with Crippen LogP contribution in [0.4, 0.5) is 5.69 Å². The molecule has 2 aromatic carbocycles. The molecule has 0 aromatic heterocycles. The van der Waals surface area contributed by atoms with Crippen LogP contribution in [0.1, 0.15) is 110 Å². The Morgan fingerprint density at radius 2 is 1.90 bits per heavy atom. The molecule has 2 aromatic rings. The fourth-order valence-corrected chi connectivity index (χ4v) is 7.83. The highest BCUT2D eigenvalue weighted by Crippen LogP contribution is 2.52. The van der Waals surface area contributed by atoms with E-state index in [4.69, 9.17) is 9.47 Å². The van der Waals surface area contributed by atoms with Gasteiger partial charge in [0.2, 0.25) is 5.91 Å². The van der Waals surface area contributed by atoms with E-state index in [1.807, 2.05) is 56.3 Å². The Kier molecular flexibility index (Phi) is 11.9. The second-order valence-electron chi connectivity index (χ2n) is 14.5. The lowest BCUT2D eigenvalue weighted by molar-refractivity contribution is -0.120. The molecular formula is C42H55N3O3. The standard InChI is InChI=1S/C42H55N3O3/c1-6-9-14-33(27-43)39(30(4)8-3)48-35-21-19-31(20-22-35)26-41(5,23-7-2)44-28-34(32-15-12-16-32)29-47-37-18-13-17-36-38(37)42(40(46)45-36)24-10-11-25-42/h6,9,13-14,17-22,32,34,44H,7-8,10-12,15-16,23-26,28-29H2,1-5H3,(H,45,46)/b9-6-,33-14-,39-30-. The van der Waals surface area contributed by atoms with Crippen LogP contribution < -0.4 is 20.1 Å². The van der Waals surface area contributed by atoms with Gasteiger partial charge in [-0.2, -0.15) is 5.26 Å². The van der Waals surface area contributed by atoms with Crippen LogP contribution in [0.25, 0.3) is 0 Å². The van der Waals surface area contributed by atoms with Crippen molar-refractivity contribution in [1.82, 2.24) is 5.32 Å². The second-order valence-corrected chi connectivity index (χ2v) is 14.5. The number of benzene rings is 2. The van der Waals surface area contributed by atoms with Crippen molar-refractivity contribution in [3.63, 3.8) is 0 Å². The highest BCUT2D eigenvalue weighted by atomic mass is 16.5. The number of rotatable bonds is 16. The van der Waals surface area contributed by atoms with Gasteiger partial charge in [-0.15, -0.1) is 0 Å². The summed E-state index contributed by atoms with van der Waals surface area (Å²) >= 11 is 0. The van der Waals surface area contributed by atoms with E-state index >= 15 is 0 Å². The van der Waals surface area contributed by atoms with Gasteiger partial charge in [-0.05, 0) is 113 Å². The first-order chi connectivity index (χ1) is 23.3. The van der Waals surface area contributed by atoms with E-state index < -0.39 is 5.41 Å². The summed E-state index contributed by atoms with van der Waals surface area (Å²) < 4.78 is 13.0. The van der Waals surface area contributed by atoms with Gasteiger partial charge in [0, 0.05) is 29.3 Å². The summed E-state index contributed by atoms with van der Waals surface area (Å²) in [6.07, 6.45) is 17.3. The lowest BCUT2D eigenvalue weighted by atomic mass is 9.75. The van der Waals surface area contributed by atoms with E-state index in [9.17, 15) is 10.1 Å². The topological polar surface area (TPSA) is 83.4 Å². The lowest BCUT2D eigenvalue weighted by Crippen LogP contribution is -2.48.